The number of nitrogens with one attached hydrogen (secondary N) is 2. The summed E-state index contributed by atoms with van der Waals surface area (Å²) >= 11 is 0. The van der Waals surface area contributed by atoms with Crippen molar-refractivity contribution in [3.05, 3.63) is 29.8 Å². The molecule has 0 radical (unpaired) electrons. The topological polar surface area (TPSA) is 33.3 Å². The van der Waals surface area contributed by atoms with Gasteiger partial charge < -0.3 is 4.74 Å². The third-order valence-corrected chi connectivity index (χ3v) is 2.82. The number of hydrogen-bond donors (Lipinski definition) is 2. The molecule has 1 aliphatic heterocycles. The Morgan fingerprint density at radius 1 is 1.18 bits per heavy atom. The van der Waals surface area contributed by atoms with Crippen molar-refractivity contribution < 1.29 is 17.9 Å². The molecular weight excluding hydrogens is 233 g/mol. The molecule has 0 amide bonds. The Balaban J connectivity index is 2.05. The number of hydrazine groups is 1. The summed E-state index contributed by atoms with van der Waals surface area (Å²) in [6, 6.07) is 5.17. The van der Waals surface area contributed by atoms with Gasteiger partial charge in [0.15, 0.2) is 0 Å². The summed E-state index contributed by atoms with van der Waals surface area (Å²) in [6.45, 7) is 0. The highest BCUT2D eigenvalue weighted by atomic mass is 19.4. The van der Waals surface area contributed by atoms with E-state index in [9.17, 15) is 13.2 Å². The monoisotopic (exact) mass is 246 g/mol. The van der Waals surface area contributed by atoms with E-state index in [4.69, 9.17) is 4.74 Å². The summed E-state index contributed by atoms with van der Waals surface area (Å²) in [6.07, 6.45) is -4.22. The fourth-order valence-electron chi connectivity index (χ4n) is 1.83. The lowest BCUT2D eigenvalue weighted by Gasteiger charge is -2.13. The molecule has 1 heterocycles. The van der Waals surface area contributed by atoms with Crippen molar-refractivity contribution in [1.29, 1.82) is 0 Å². The first-order valence-electron chi connectivity index (χ1n) is 5.22. The Hall–Kier alpha value is -1.27. The van der Waals surface area contributed by atoms with E-state index in [0.29, 0.717) is 5.75 Å². The minimum absolute atomic E-state index is 0.00414. The summed E-state index contributed by atoms with van der Waals surface area (Å²) in [4.78, 5) is 0. The van der Waals surface area contributed by atoms with Crippen LogP contribution in [0.2, 0.25) is 0 Å². The van der Waals surface area contributed by atoms with Crippen molar-refractivity contribution >= 4 is 0 Å². The molecule has 1 saturated heterocycles. The zero-order valence-electron chi connectivity index (χ0n) is 9.21. The number of ether oxygens (including phenoxy) is 1. The number of benzene rings is 1. The van der Waals surface area contributed by atoms with Crippen molar-refractivity contribution in [2.75, 3.05) is 7.11 Å². The Morgan fingerprint density at radius 2 is 1.82 bits per heavy atom. The highest BCUT2D eigenvalue weighted by Gasteiger charge is 2.44. The van der Waals surface area contributed by atoms with Crippen LogP contribution < -0.4 is 15.6 Å². The van der Waals surface area contributed by atoms with Crippen LogP contribution in [0.5, 0.6) is 5.75 Å². The predicted molar refractivity (Wildman–Crippen MR) is 56.5 cm³/mol. The number of halogens is 3. The third-order valence-electron chi connectivity index (χ3n) is 2.82. The van der Waals surface area contributed by atoms with Gasteiger partial charge in [-0.3, -0.25) is 0 Å². The molecule has 0 bridgehead atoms. The fourth-order valence-corrected chi connectivity index (χ4v) is 1.83. The van der Waals surface area contributed by atoms with Gasteiger partial charge in [-0.2, -0.15) is 13.2 Å². The smallest absolute Gasteiger partial charge is 0.405 e. The van der Waals surface area contributed by atoms with Crippen LogP contribution in [0.15, 0.2) is 24.3 Å². The molecule has 0 saturated carbocycles. The van der Waals surface area contributed by atoms with Gasteiger partial charge in [-0.15, -0.1) is 0 Å². The summed E-state index contributed by atoms with van der Waals surface area (Å²) in [5, 5.41) is 0. The third kappa shape index (κ3) is 2.70. The first-order valence-corrected chi connectivity index (χ1v) is 5.22. The molecule has 1 fully saturated rings. The molecule has 0 aliphatic carbocycles. The SMILES string of the molecule is COc1ccc(C2CC(C(F)(F)F)NN2)cc1. The largest absolute Gasteiger partial charge is 0.497 e. The summed E-state index contributed by atoms with van der Waals surface area (Å²) in [5.41, 5.74) is 5.73. The van der Waals surface area contributed by atoms with E-state index in [1.54, 1.807) is 31.4 Å². The van der Waals surface area contributed by atoms with Gasteiger partial charge in [0.2, 0.25) is 0 Å². The second kappa shape index (κ2) is 4.54. The fraction of sp³-hybridized carbons (Fsp3) is 0.455. The highest BCUT2D eigenvalue weighted by Crippen LogP contribution is 2.31. The van der Waals surface area contributed by atoms with Crippen molar-refractivity contribution in [1.82, 2.24) is 10.9 Å². The van der Waals surface area contributed by atoms with Gasteiger partial charge in [-0.1, -0.05) is 12.1 Å². The average molecular weight is 246 g/mol. The lowest BCUT2D eigenvalue weighted by molar-refractivity contribution is -0.153. The first-order chi connectivity index (χ1) is 8.00. The molecule has 2 unspecified atom stereocenters. The Morgan fingerprint density at radius 3 is 2.29 bits per heavy atom. The molecule has 0 spiro atoms. The summed E-state index contributed by atoms with van der Waals surface area (Å²) < 4.78 is 42.3. The normalized spacial score (nSPS) is 24.9. The van der Waals surface area contributed by atoms with Gasteiger partial charge in [-0.05, 0) is 24.1 Å². The maximum absolute atomic E-state index is 12.4. The standard InChI is InChI=1S/C11H13F3N2O/c1-17-8-4-2-7(3-5-8)9-6-10(16-15-9)11(12,13)14/h2-5,9-10,15-16H,6H2,1H3. The molecule has 1 aromatic rings. The van der Waals surface area contributed by atoms with Crippen LogP contribution in [0.4, 0.5) is 13.2 Å². The van der Waals surface area contributed by atoms with Gasteiger partial charge in [0, 0.05) is 6.04 Å². The maximum Gasteiger partial charge on any atom is 0.405 e. The lowest BCUT2D eigenvalue weighted by Crippen LogP contribution is -2.40. The summed E-state index contributed by atoms with van der Waals surface area (Å²) in [7, 11) is 1.55. The second-order valence-electron chi connectivity index (χ2n) is 3.94. The number of hydrogen-bond acceptors (Lipinski definition) is 3. The van der Waals surface area contributed by atoms with Crippen molar-refractivity contribution in [3.63, 3.8) is 0 Å². The van der Waals surface area contributed by atoms with Gasteiger partial charge >= 0.3 is 6.18 Å². The van der Waals surface area contributed by atoms with Gasteiger partial charge in [0.05, 0.1) is 7.11 Å². The van der Waals surface area contributed by atoms with Crippen LogP contribution in [-0.2, 0) is 0 Å². The Kier molecular flexibility index (Phi) is 3.26. The average Bonchev–Trinajstić information content (AvgIpc) is 2.78. The van der Waals surface area contributed by atoms with E-state index in [1.165, 1.54) is 0 Å². The van der Waals surface area contributed by atoms with Gasteiger partial charge in [0.25, 0.3) is 0 Å². The highest BCUT2D eigenvalue weighted by molar-refractivity contribution is 5.29. The van der Waals surface area contributed by atoms with Crippen LogP contribution in [0, 0.1) is 0 Å². The van der Waals surface area contributed by atoms with Crippen LogP contribution in [0.3, 0.4) is 0 Å². The molecule has 3 nitrogen and oxygen atoms in total. The van der Waals surface area contributed by atoms with Crippen molar-refractivity contribution in [2.45, 2.75) is 24.7 Å². The van der Waals surface area contributed by atoms with Crippen molar-refractivity contribution in [3.8, 4) is 5.75 Å². The number of alkyl halides is 3. The molecule has 2 rings (SSSR count). The van der Waals surface area contributed by atoms with E-state index in [-0.39, 0.29) is 12.5 Å². The molecule has 94 valence electrons. The van der Waals surface area contributed by atoms with E-state index in [0.717, 1.165) is 5.56 Å². The zero-order chi connectivity index (χ0) is 12.5. The lowest BCUT2D eigenvalue weighted by atomic mass is 10.0. The molecule has 2 atom stereocenters. The quantitative estimate of drug-likeness (QED) is 0.839. The van der Waals surface area contributed by atoms with Gasteiger partial charge in [-0.25, -0.2) is 10.9 Å². The Labute approximate surface area is 96.9 Å². The van der Waals surface area contributed by atoms with Gasteiger partial charge in [0.1, 0.15) is 11.8 Å². The maximum atomic E-state index is 12.4. The van der Waals surface area contributed by atoms with Crippen LogP contribution in [0.1, 0.15) is 18.0 Å². The zero-order valence-corrected chi connectivity index (χ0v) is 9.21. The molecule has 6 heteroatoms. The molecule has 1 aliphatic rings. The first kappa shape index (κ1) is 12.2. The van der Waals surface area contributed by atoms with E-state index in [2.05, 4.69) is 10.9 Å². The minimum Gasteiger partial charge on any atom is -0.497 e. The molecule has 0 aromatic heterocycles. The number of rotatable bonds is 2. The van der Waals surface area contributed by atoms with E-state index >= 15 is 0 Å². The van der Waals surface area contributed by atoms with Crippen LogP contribution >= 0.6 is 0 Å². The van der Waals surface area contributed by atoms with E-state index in [1.807, 2.05) is 0 Å². The van der Waals surface area contributed by atoms with E-state index < -0.39 is 12.2 Å². The van der Waals surface area contributed by atoms with Crippen LogP contribution in [-0.4, -0.2) is 19.3 Å². The molecule has 2 N–H and O–H groups in total. The number of methoxy groups -OCH3 is 1. The van der Waals surface area contributed by atoms with Crippen LogP contribution in [0.25, 0.3) is 0 Å². The second-order valence-corrected chi connectivity index (χ2v) is 3.94. The summed E-state index contributed by atoms with van der Waals surface area (Å²) in [5.74, 6) is 0.687. The molecule has 17 heavy (non-hydrogen) atoms. The predicted octanol–water partition coefficient (Wildman–Crippen LogP) is 2.17. The van der Waals surface area contributed by atoms with Crippen molar-refractivity contribution in [2.24, 2.45) is 0 Å². The molecular formula is C11H13F3N2O. The minimum atomic E-state index is -4.21. The molecule has 1 aromatic carbocycles. The Bertz CT molecular complexity index is 377.